The lowest BCUT2D eigenvalue weighted by Gasteiger charge is -2.11. The number of benzene rings is 2. The predicted octanol–water partition coefficient (Wildman–Crippen LogP) is 3.14. The van der Waals surface area contributed by atoms with Gasteiger partial charge in [0.2, 0.25) is 0 Å². The molecule has 2 aromatic rings. The Morgan fingerprint density at radius 2 is 1.60 bits per heavy atom. The Balaban J connectivity index is 2.28. The second kappa shape index (κ2) is 8.05. The second-order valence-corrected chi connectivity index (χ2v) is 5.05. The van der Waals surface area contributed by atoms with Gasteiger partial charge in [-0.05, 0) is 44.2 Å². The molecular formula is C18H19NO6. The number of nitrogens with one attached hydrogen (secondary N) is 1. The van der Waals surface area contributed by atoms with Gasteiger partial charge in [0.15, 0.2) is 0 Å². The average Bonchev–Trinajstić information content (AvgIpc) is 2.56. The van der Waals surface area contributed by atoms with Crippen molar-refractivity contribution in [3.8, 4) is 17.2 Å². The molecule has 0 spiro atoms. The number of carbonyl (C=O) groups excluding carboxylic acids is 1. The van der Waals surface area contributed by atoms with Crippen LogP contribution in [0.25, 0.3) is 0 Å². The van der Waals surface area contributed by atoms with Crippen LogP contribution in [0.5, 0.6) is 17.2 Å². The minimum atomic E-state index is -1.29. The van der Waals surface area contributed by atoms with E-state index in [4.69, 9.17) is 14.6 Å². The third-order valence-corrected chi connectivity index (χ3v) is 3.25. The minimum Gasteiger partial charge on any atom is -0.507 e. The second-order valence-electron chi connectivity index (χ2n) is 5.05. The number of anilines is 1. The van der Waals surface area contributed by atoms with Crippen molar-refractivity contribution >= 4 is 17.6 Å². The number of ether oxygens (including phenoxy) is 2. The van der Waals surface area contributed by atoms with Crippen LogP contribution in [0.3, 0.4) is 0 Å². The fourth-order valence-corrected chi connectivity index (χ4v) is 2.19. The zero-order valence-corrected chi connectivity index (χ0v) is 13.9. The van der Waals surface area contributed by atoms with Crippen molar-refractivity contribution in [1.82, 2.24) is 0 Å². The molecule has 0 aliphatic heterocycles. The lowest BCUT2D eigenvalue weighted by molar-refractivity contribution is 0.0693. The highest BCUT2D eigenvalue weighted by Crippen LogP contribution is 2.25. The van der Waals surface area contributed by atoms with Gasteiger partial charge in [-0.25, -0.2) is 4.79 Å². The fourth-order valence-electron chi connectivity index (χ4n) is 2.19. The topological polar surface area (TPSA) is 105 Å². The van der Waals surface area contributed by atoms with Crippen LogP contribution in [0.4, 0.5) is 5.69 Å². The molecule has 0 aliphatic carbocycles. The molecular weight excluding hydrogens is 326 g/mol. The smallest absolute Gasteiger partial charge is 0.339 e. The summed E-state index contributed by atoms with van der Waals surface area (Å²) in [6.45, 7) is 4.54. The molecule has 0 aromatic heterocycles. The first kappa shape index (κ1) is 18.1. The van der Waals surface area contributed by atoms with Crippen molar-refractivity contribution in [3.05, 3.63) is 47.5 Å². The highest BCUT2D eigenvalue weighted by molar-refractivity contribution is 6.05. The Hall–Kier alpha value is -3.22. The van der Waals surface area contributed by atoms with Gasteiger partial charge in [-0.3, -0.25) is 4.79 Å². The number of aromatic carboxylic acids is 1. The monoisotopic (exact) mass is 345 g/mol. The molecule has 0 aliphatic rings. The fraction of sp³-hybridized carbons (Fsp3) is 0.222. The standard InChI is InChI=1S/C18H19NO6/c1-3-24-13-7-11(8-14(10-13)25-4-2)17(21)19-12-5-6-16(20)15(9-12)18(22)23/h5-10,20H,3-4H2,1-2H3,(H,19,21)(H,22,23). The lowest BCUT2D eigenvalue weighted by Crippen LogP contribution is -2.13. The molecule has 0 saturated heterocycles. The number of amides is 1. The van der Waals surface area contributed by atoms with E-state index in [0.29, 0.717) is 30.3 Å². The number of carboxylic acid groups (broad SMARTS) is 1. The van der Waals surface area contributed by atoms with Crippen LogP contribution < -0.4 is 14.8 Å². The zero-order valence-electron chi connectivity index (χ0n) is 13.9. The van der Waals surface area contributed by atoms with E-state index in [2.05, 4.69) is 5.32 Å². The molecule has 3 N–H and O–H groups in total. The highest BCUT2D eigenvalue weighted by atomic mass is 16.5. The number of aromatic hydroxyl groups is 1. The number of phenols is 1. The molecule has 0 heterocycles. The summed E-state index contributed by atoms with van der Waals surface area (Å²) in [7, 11) is 0. The highest BCUT2D eigenvalue weighted by Gasteiger charge is 2.14. The maximum atomic E-state index is 12.5. The molecule has 0 saturated carbocycles. The molecule has 7 heteroatoms. The predicted molar refractivity (Wildman–Crippen MR) is 91.8 cm³/mol. The molecule has 0 fully saturated rings. The maximum absolute atomic E-state index is 12.5. The van der Waals surface area contributed by atoms with Crippen molar-refractivity contribution in [3.63, 3.8) is 0 Å². The van der Waals surface area contributed by atoms with Crippen LogP contribution in [-0.2, 0) is 0 Å². The first-order valence-corrected chi connectivity index (χ1v) is 7.73. The van der Waals surface area contributed by atoms with Gasteiger partial charge in [0, 0.05) is 17.3 Å². The third-order valence-electron chi connectivity index (χ3n) is 3.25. The van der Waals surface area contributed by atoms with Crippen molar-refractivity contribution in [2.24, 2.45) is 0 Å². The molecule has 132 valence electrons. The van der Waals surface area contributed by atoms with E-state index >= 15 is 0 Å². The summed E-state index contributed by atoms with van der Waals surface area (Å²) in [6, 6.07) is 8.63. The number of hydrogen-bond donors (Lipinski definition) is 3. The van der Waals surface area contributed by atoms with Crippen LogP contribution in [0.2, 0.25) is 0 Å². The number of carboxylic acids is 1. The van der Waals surface area contributed by atoms with E-state index in [1.54, 1.807) is 18.2 Å². The molecule has 0 atom stereocenters. The number of hydrogen-bond acceptors (Lipinski definition) is 5. The Morgan fingerprint density at radius 1 is 1.00 bits per heavy atom. The Labute approximate surface area is 144 Å². The number of rotatable bonds is 7. The third kappa shape index (κ3) is 4.63. The first-order valence-electron chi connectivity index (χ1n) is 7.73. The maximum Gasteiger partial charge on any atom is 0.339 e. The summed E-state index contributed by atoms with van der Waals surface area (Å²) >= 11 is 0. The van der Waals surface area contributed by atoms with Crippen molar-refractivity contribution in [2.45, 2.75) is 13.8 Å². The summed E-state index contributed by atoms with van der Waals surface area (Å²) < 4.78 is 10.9. The zero-order chi connectivity index (χ0) is 18.4. The quantitative estimate of drug-likeness (QED) is 0.666. The lowest BCUT2D eigenvalue weighted by atomic mass is 10.1. The molecule has 1 amide bonds. The Morgan fingerprint density at radius 3 is 2.12 bits per heavy atom. The largest absolute Gasteiger partial charge is 0.507 e. The van der Waals surface area contributed by atoms with Gasteiger partial charge in [-0.15, -0.1) is 0 Å². The molecule has 25 heavy (non-hydrogen) atoms. The van der Waals surface area contributed by atoms with E-state index in [0.717, 1.165) is 0 Å². The SMILES string of the molecule is CCOc1cc(OCC)cc(C(=O)Nc2ccc(O)c(C(=O)O)c2)c1. The molecule has 0 bridgehead atoms. The van der Waals surface area contributed by atoms with Gasteiger partial charge in [0.05, 0.1) is 13.2 Å². The minimum absolute atomic E-state index is 0.250. The van der Waals surface area contributed by atoms with Crippen LogP contribution >= 0.6 is 0 Å². The first-order chi connectivity index (χ1) is 11.9. The van der Waals surface area contributed by atoms with Crippen LogP contribution in [-0.4, -0.2) is 35.3 Å². The van der Waals surface area contributed by atoms with Crippen molar-refractivity contribution < 1.29 is 29.3 Å². The van der Waals surface area contributed by atoms with E-state index in [1.165, 1.54) is 18.2 Å². The normalized spacial score (nSPS) is 10.2. The summed E-state index contributed by atoms with van der Waals surface area (Å²) in [6.07, 6.45) is 0. The van der Waals surface area contributed by atoms with Crippen molar-refractivity contribution in [2.75, 3.05) is 18.5 Å². The molecule has 0 radical (unpaired) electrons. The summed E-state index contributed by atoms with van der Waals surface area (Å²) in [4.78, 5) is 23.5. The van der Waals surface area contributed by atoms with Gasteiger partial charge in [0.25, 0.3) is 5.91 Å². The van der Waals surface area contributed by atoms with Gasteiger partial charge >= 0.3 is 5.97 Å². The molecule has 7 nitrogen and oxygen atoms in total. The van der Waals surface area contributed by atoms with E-state index in [1.807, 2.05) is 13.8 Å². The van der Waals surface area contributed by atoms with E-state index in [9.17, 15) is 14.7 Å². The summed E-state index contributed by atoms with van der Waals surface area (Å²) in [5, 5.41) is 21.1. The van der Waals surface area contributed by atoms with Crippen molar-refractivity contribution in [1.29, 1.82) is 0 Å². The number of carbonyl (C=O) groups is 2. The van der Waals surface area contributed by atoms with E-state index < -0.39 is 11.9 Å². The summed E-state index contributed by atoms with van der Waals surface area (Å²) in [5.74, 6) is -1.12. The van der Waals surface area contributed by atoms with Gasteiger partial charge in [-0.2, -0.15) is 0 Å². The summed E-state index contributed by atoms with van der Waals surface area (Å²) in [5.41, 5.74) is 0.259. The van der Waals surface area contributed by atoms with Crippen LogP contribution in [0, 0.1) is 0 Å². The van der Waals surface area contributed by atoms with Gasteiger partial charge in [0.1, 0.15) is 22.8 Å². The average molecular weight is 345 g/mol. The Kier molecular flexibility index (Phi) is 5.84. The Bertz CT molecular complexity index is 763. The van der Waals surface area contributed by atoms with Gasteiger partial charge < -0.3 is 25.0 Å². The van der Waals surface area contributed by atoms with E-state index in [-0.39, 0.29) is 17.0 Å². The van der Waals surface area contributed by atoms with Gasteiger partial charge in [-0.1, -0.05) is 0 Å². The van der Waals surface area contributed by atoms with Crippen LogP contribution in [0.1, 0.15) is 34.6 Å². The molecule has 2 aromatic carbocycles. The molecule has 0 unspecified atom stereocenters. The molecule has 2 rings (SSSR count). The van der Waals surface area contributed by atoms with Crippen LogP contribution in [0.15, 0.2) is 36.4 Å².